The molecule has 0 saturated heterocycles. The lowest BCUT2D eigenvalue weighted by Crippen LogP contribution is -2.22. The molecule has 0 bridgehead atoms. The quantitative estimate of drug-likeness (QED) is 0.281. The van der Waals surface area contributed by atoms with Gasteiger partial charge in [-0.1, -0.05) is 109 Å². The zero-order valence-electron chi connectivity index (χ0n) is 17.5. The van der Waals surface area contributed by atoms with E-state index in [-0.39, 0.29) is 11.7 Å². The lowest BCUT2D eigenvalue weighted by molar-refractivity contribution is -0.116. The van der Waals surface area contributed by atoms with Gasteiger partial charge in [-0.05, 0) is 34.9 Å². The Balaban J connectivity index is 1.48. The van der Waals surface area contributed by atoms with Crippen molar-refractivity contribution in [3.8, 4) is 0 Å². The summed E-state index contributed by atoms with van der Waals surface area (Å²) in [5.74, 6) is -0.540. The minimum absolute atomic E-state index is 0.0449. The van der Waals surface area contributed by atoms with Crippen LogP contribution in [-0.2, 0) is 4.79 Å². The second-order valence-electron chi connectivity index (χ2n) is 7.43. The van der Waals surface area contributed by atoms with Gasteiger partial charge < -0.3 is 5.32 Å². The van der Waals surface area contributed by atoms with Gasteiger partial charge >= 0.3 is 0 Å². The average Bonchev–Trinajstić information content (AvgIpc) is 2.85. The van der Waals surface area contributed by atoms with E-state index in [0.29, 0.717) is 11.3 Å². The van der Waals surface area contributed by atoms with Crippen molar-refractivity contribution in [2.24, 2.45) is 0 Å². The van der Waals surface area contributed by atoms with Crippen LogP contribution in [0, 0.1) is 0 Å². The zero-order valence-corrected chi connectivity index (χ0v) is 17.5. The zero-order chi connectivity index (χ0) is 22.2. The van der Waals surface area contributed by atoms with Gasteiger partial charge in [-0.3, -0.25) is 9.59 Å². The topological polar surface area (TPSA) is 46.2 Å². The van der Waals surface area contributed by atoms with Crippen LogP contribution in [0.5, 0.6) is 0 Å². The standard InChI is InChI=1S/C29H23NO2/c31-27(23-10-4-1-5-11-23)21-18-22-16-19-26(20-17-22)30-29(32)28(24-12-6-2-7-13-24)25-14-8-3-9-15-25/h1-21,28H,(H,30,32)/b21-18+. The Kier molecular flexibility index (Phi) is 6.69. The minimum atomic E-state index is -0.402. The number of nitrogens with one attached hydrogen (secondary N) is 1. The van der Waals surface area contributed by atoms with E-state index in [2.05, 4.69) is 5.32 Å². The van der Waals surface area contributed by atoms with Crippen LogP contribution in [0.3, 0.4) is 0 Å². The van der Waals surface area contributed by atoms with Gasteiger partial charge in [-0.2, -0.15) is 0 Å². The van der Waals surface area contributed by atoms with Gasteiger partial charge in [0.1, 0.15) is 0 Å². The fraction of sp³-hybridized carbons (Fsp3) is 0.0345. The Hall–Kier alpha value is -4.24. The molecule has 4 aromatic rings. The van der Waals surface area contributed by atoms with Crippen LogP contribution < -0.4 is 5.32 Å². The molecule has 32 heavy (non-hydrogen) atoms. The Morgan fingerprint density at radius 2 is 1.12 bits per heavy atom. The van der Waals surface area contributed by atoms with Crippen molar-refractivity contribution < 1.29 is 9.59 Å². The highest BCUT2D eigenvalue weighted by atomic mass is 16.2. The average molecular weight is 418 g/mol. The number of rotatable bonds is 7. The van der Waals surface area contributed by atoms with E-state index in [1.54, 1.807) is 24.3 Å². The number of benzene rings is 4. The third-order valence-corrected chi connectivity index (χ3v) is 5.19. The van der Waals surface area contributed by atoms with Crippen LogP contribution in [0.4, 0.5) is 5.69 Å². The minimum Gasteiger partial charge on any atom is -0.325 e. The molecule has 0 aromatic heterocycles. The predicted octanol–water partition coefficient (Wildman–Crippen LogP) is 6.35. The van der Waals surface area contributed by atoms with Crippen LogP contribution in [0.2, 0.25) is 0 Å². The van der Waals surface area contributed by atoms with Crippen LogP contribution >= 0.6 is 0 Å². The van der Waals surface area contributed by atoms with Crippen LogP contribution in [-0.4, -0.2) is 11.7 Å². The molecule has 0 saturated carbocycles. The molecule has 1 N–H and O–H groups in total. The molecular weight excluding hydrogens is 394 g/mol. The normalized spacial score (nSPS) is 10.9. The maximum absolute atomic E-state index is 13.2. The molecule has 0 atom stereocenters. The SMILES string of the molecule is O=C(/C=C/c1ccc(NC(=O)C(c2ccccc2)c2ccccc2)cc1)c1ccccc1. The fourth-order valence-corrected chi connectivity index (χ4v) is 3.55. The number of amides is 1. The molecule has 0 fully saturated rings. The van der Waals surface area contributed by atoms with Gasteiger partial charge in [0.15, 0.2) is 5.78 Å². The molecule has 156 valence electrons. The molecular formula is C29H23NO2. The third-order valence-electron chi connectivity index (χ3n) is 5.19. The van der Waals surface area contributed by atoms with Crippen LogP contribution in [0.1, 0.15) is 33.0 Å². The highest BCUT2D eigenvalue weighted by molar-refractivity contribution is 6.06. The monoisotopic (exact) mass is 417 g/mol. The largest absolute Gasteiger partial charge is 0.325 e. The molecule has 0 heterocycles. The Morgan fingerprint density at radius 1 is 0.625 bits per heavy atom. The van der Waals surface area contributed by atoms with Crippen molar-refractivity contribution in [2.45, 2.75) is 5.92 Å². The lowest BCUT2D eigenvalue weighted by atomic mass is 9.90. The number of carbonyl (C=O) groups is 2. The van der Waals surface area contributed by atoms with Crippen molar-refractivity contribution in [1.82, 2.24) is 0 Å². The first kappa shape index (κ1) is 21.0. The highest BCUT2D eigenvalue weighted by Crippen LogP contribution is 2.26. The molecule has 0 unspecified atom stereocenters. The first-order chi connectivity index (χ1) is 15.7. The molecule has 3 heteroatoms. The van der Waals surface area contributed by atoms with Crippen LogP contribution in [0.25, 0.3) is 6.08 Å². The molecule has 1 amide bonds. The van der Waals surface area contributed by atoms with Crippen molar-refractivity contribution in [3.63, 3.8) is 0 Å². The maximum Gasteiger partial charge on any atom is 0.236 e. The number of ketones is 1. The summed E-state index contributed by atoms with van der Waals surface area (Å²) in [6.45, 7) is 0. The van der Waals surface area contributed by atoms with Gasteiger partial charge in [0.05, 0.1) is 5.92 Å². The van der Waals surface area contributed by atoms with Crippen LogP contribution in [0.15, 0.2) is 121 Å². The summed E-state index contributed by atoms with van der Waals surface area (Å²) in [4.78, 5) is 25.4. The van der Waals surface area contributed by atoms with E-state index < -0.39 is 5.92 Å². The third kappa shape index (κ3) is 5.27. The van der Waals surface area contributed by atoms with Gasteiger partial charge in [-0.25, -0.2) is 0 Å². The molecule has 3 nitrogen and oxygen atoms in total. The van der Waals surface area contributed by atoms with E-state index in [0.717, 1.165) is 16.7 Å². The number of hydrogen-bond acceptors (Lipinski definition) is 2. The van der Waals surface area contributed by atoms with Gasteiger partial charge in [0, 0.05) is 11.3 Å². The fourth-order valence-electron chi connectivity index (χ4n) is 3.55. The summed E-state index contributed by atoms with van der Waals surface area (Å²) in [6, 6.07) is 36.1. The van der Waals surface area contributed by atoms with E-state index in [4.69, 9.17) is 0 Å². The first-order valence-corrected chi connectivity index (χ1v) is 10.5. The molecule has 0 aliphatic rings. The van der Waals surface area contributed by atoms with E-state index in [1.807, 2.05) is 103 Å². The Labute approximate surface area is 188 Å². The summed E-state index contributed by atoms with van der Waals surface area (Å²) >= 11 is 0. The van der Waals surface area contributed by atoms with Gasteiger partial charge in [-0.15, -0.1) is 0 Å². The molecule has 0 aliphatic heterocycles. The summed E-state index contributed by atoms with van der Waals surface area (Å²) in [5, 5.41) is 3.03. The molecule has 0 radical (unpaired) electrons. The second-order valence-corrected chi connectivity index (χ2v) is 7.43. The van der Waals surface area contributed by atoms with E-state index in [1.165, 1.54) is 0 Å². The maximum atomic E-state index is 13.2. The number of allylic oxidation sites excluding steroid dienone is 1. The van der Waals surface area contributed by atoms with Crippen molar-refractivity contribution in [1.29, 1.82) is 0 Å². The van der Waals surface area contributed by atoms with Crippen molar-refractivity contribution in [3.05, 3.63) is 144 Å². The van der Waals surface area contributed by atoms with Gasteiger partial charge in [0.25, 0.3) is 0 Å². The molecule has 0 spiro atoms. The molecule has 0 aliphatic carbocycles. The summed E-state index contributed by atoms with van der Waals surface area (Å²) in [6.07, 6.45) is 3.33. The number of carbonyl (C=O) groups excluding carboxylic acids is 2. The Morgan fingerprint density at radius 3 is 1.66 bits per heavy atom. The Bertz CT molecular complexity index is 1160. The first-order valence-electron chi connectivity index (χ1n) is 10.5. The molecule has 4 rings (SSSR count). The highest BCUT2D eigenvalue weighted by Gasteiger charge is 2.22. The van der Waals surface area contributed by atoms with Crippen molar-refractivity contribution in [2.75, 3.05) is 5.32 Å². The number of anilines is 1. The van der Waals surface area contributed by atoms with Crippen molar-refractivity contribution >= 4 is 23.5 Å². The van der Waals surface area contributed by atoms with E-state index >= 15 is 0 Å². The van der Waals surface area contributed by atoms with E-state index in [9.17, 15) is 9.59 Å². The summed E-state index contributed by atoms with van der Waals surface area (Å²) in [5.41, 5.74) is 4.12. The number of hydrogen-bond donors (Lipinski definition) is 1. The molecule has 4 aromatic carbocycles. The smallest absolute Gasteiger partial charge is 0.236 e. The summed E-state index contributed by atoms with van der Waals surface area (Å²) < 4.78 is 0. The summed E-state index contributed by atoms with van der Waals surface area (Å²) in [7, 11) is 0. The second kappa shape index (κ2) is 10.2. The predicted molar refractivity (Wildman–Crippen MR) is 130 cm³/mol. The lowest BCUT2D eigenvalue weighted by Gasteiger charge is -2.18. The van der Waals surface area contributed by atoms with Gasteiger partial charge in [0.2, 0.25) is 5.91 Å².